The van der Waals surface area contributed by atoms with Crippen LogP contribution in [0.4, 0.5) is 0 Å². The van der Waals surface area contributed by atoms with Crippen molar-refractivity contribution >= 4 is 5.97 Å². The summed E-state index contributed by atoms with van der Waals surface area (Å²) in [6, 6.07) is 0.757. The number of carbonyl (C=O) groups is 1. The standard InChI is InChI=1S/C12H19NO3/c1-15-12(14)8-2-4-13(5-3-8)11-9-6-16-7-10(9)11/h8-11H,2-7H2,1H3. The van der Waals surface area contributed by atoms with Gasteiger partial charge in [-0.1, -0.05) is 0 Å². The number of fused-ring (bicyclic) bond motifs is 1. The van der Waals surface area contributed by atoms with E-state index in [1.807, 2.05) is 0 Å². The van der Waals surface area contributed by atoms with Crippen LogP contribution in [0.25, 0.3) is 0 Å². The number of hydrogen-bond donors (Lipinski definition) is 0. The molecule has 3 rings (SSSR count). The molecule has 90 valence electrons. The first-order valence-corrected chi connectivity index (χ1v) is 6.21. The largest absolute Gasteiger partial charge is 0.469 e. The van der Waals surface area contributed by atoms with Crippen molar-refractivity contribution in [2.45, 2.75) is 18.9 Å². The van der Waals surface area contributed by atoms with Crippen molar-refractivity contribution < 1.29 is 14.3 Å². The lowest BCUT2D eigenvalue weighted by atomic mass is 9.97. The SMILES string of the molecule is COC(=O)C1CCN(C2C3COCC32)CC1. The van der Waals surface area contributed by atoms with Gasteiger partial charge in [-0.3, -0.25) is 9.69 Å². The summed E-state index contributed by atoms with van der Waals surface area (Å²) in [5.74, 6) is 1.68. The highest BCUT2D eigenvalue weighted by molar-refractivity contribution is 5.72. The topological polar surface area (TPSA) is 38.8 Å². The van der Waals surface area contributed by atoms with E-state index in [1.165, 1.54) is 7.11 Å². The monoisotopic (exact) mass is 225 g/mol. The molecule has 16 heavy (non-hydrogen) atoms. The molecule has 0 aromatic heterocycles. The minimum absolute atomic E-state index is 0.0287. The first-order valence-electron chi connectivity index (χ1n) is 6.21. The van der Waals surface area contributed by atoms with Crippen molar-refractivity contribution in [2.75, 3.05) is 33.4 Å². The van der Waals surface area contributed by atoms with Crippen LogP contribution < -0.4 is 0 Å². The number of methoxy groups -OCH3 is 1. The first kappa shape index (κ1) is 10.5. The normalized spacial score (nSPS) is 39.4. The number of esters is 1. The van der Waals surface area contributed by atoms with Gasteiger partial charge in [0.25, 0.3) is 0 Å². The number of nitrogens with zero attached hydrogens (tertiary/aromatic N) is 1. The van der Waals surface area contributed by atoms with Gasteiger partial charge in [-0.2, -0.15) is 0 Å². The summed E-state index contributed by atoms with van der Waals surface area (Å²) in [5, 5.41) is 0. The molecule has 2 saturated heterocycles. The van der Waals surface area contributed by atoms with Crippen LogP contribution in [0.5, 0.6) is 0 Å². The Labute approximate surface area is 95.9 Å². The van der Waals surface area contributed by atoms with Gasteiger partial charge in [-0.15, -0.1) is 0 Å². The van der Waals surface area contributed by atoms with Gasteiger partial charge < -0.3 is 9.47 Å². The van der Waals surface area contributed by atoms with Crippen LogP contribution in [-0.2, 0) is 14.3 Å². The van der Waals surface area contributed by atoms with E-state index in [9.17, 15) is 4.79 Å². The van der Waals surface area contributed by atoms with E-state index in [1.54, 1.807) is 0 Å². The van der Waals surface area contributed by atoms with Gasteiger partial charge >= 0.3 is 5.97 Å². The molecule has 3 fully saturated rings. The van der Waals surface area contributed by atoms with Gasteiger partial charge in [-0.05, 0) is 25.9 Å². The van der Waals surface area contributed by atoms with Gasteiger partial charge in [0.1, 0.15) is 0 Å². The zero-order chi connectivity index (χ0) is 11.1. The fraction of sp³-hybridized carbons (Fsp3) is 0.917. The van der Waals surface area contributed by atoms with E-state index < -0.39 is 0 Å². The maximum Gasteiger partial charge on any atom is 0.308 e. The Balaban J connectivity index is 1.50. The van der Waals surface area contributed by atoms with Crippen molar-refractivity contribution in [3.63, 3.8) is 0 Å². The first-order chi connectivity index (χ1) is 7.81. The van der Waals surface area contributed by atoms with Crippen molar-refractivity contribution in [3.8, 4) is 0 Å². The molecule has 4 nitrogen and oxygen atoms in total. The summed E-state index contributed by atoms with van der Waals surface area (Å²) < 4.78 is 10.2. The van der Waals surface area contributed by atoms with E-state index in [2.05, 4.69) is 4.90 Å². The highest BCUT2D eigenvalue weighted by atomic mass is 16.5. The number of rotatable bonds is 2. The second kappa shape index (κ2) is 4.00. The molecule has 2 unspecified atom stereocenters. The molecule has 3 aliphatic rings. The van der Waals surface area contributed by atoms with Crippen LogP contribution >= 0.6 is 0 Å². The molecule has 4 heteroatoms. The van der Waals surface area contributed by atoms with Crippen molar-refractivity contribution in [1.82, 2.24) is 4.90 Å². The van der Waals surface area contributed by atoms with Gasteiger partial charge in [0.2, 0.25) is 0 Å². The van der Waals surface area contributed by atoms with Crippen LogP contribution in [-0.4, -0.2) is 50.3 Å². The van der Waals surface area contributed by atoms with Gasteiger partial charge in [0.05, 0.1) is 26.2 Å². The Bertz CT molecular complexity index is 276. The Kier molecular flexibility index (Phi) is 2.64. The zero-order valence-corrected chi connectivity index (χ0v) is 9.72. The van der Waals surface area contributed by atoms with Crippen molar-refractivity contribution in [1.29, 1.82) is 0 Å². The van der Waals surface area contributed by atoms with Crippen molar-refractivity contribution in [3.05, 3.63) is 0 Å². The van der Waals surface area contributed by atoms with E-state index >= 15 is 0 Å². The van der Waals surface area contributed by atoms with Crippen LogP contribution in [0.2, 0.25) is 0 Å². The van der Waals surface area contributed by atoms with Gasteiger partial charge in [0.15, 0.2) is 0 Å². The lowest BCUT2D eigenvalue weighted by Gasteiger charge is -2.31. The minimum Gasteiger partial charge on any atom is -0.469 e. The highest BCUT2D eigenvalue weighted by Gasteiger charge is 2.56. The molecule has 0 radical (unpaired) electrons. The second-order valence-corrected chi connectivity index (χ2v) is 5.19. The van der Waals surface area contributed by atoms with Gasteiger partial charge in [-0.25, -0.2) is 0 Å². The molecule has 0 spiro atoms. The van der Waals surface area contributed by atoms with Crippen LogP contribution in [0.3, 0.4) is 0 Å². The summed E-state index contributed by atoms with van der Waals surface area (Å²) in [7, 11) is 1.48. The van der Waals surface area contributed by atoms with E-state index in [0.717, 1.165) is 57.0 Å². The van der Waals surface area contributed by atoms with E-state index in [-0.39, 0.29) is 11.9 Å². The summed E-state index contributed by atoms with van der Waals surface area (Å²) in [5.41, 5.74) is 0. The Hall–Kier alpha value is -0.610. The van der Waals surface area contributed by atoms with Crippen molar-refractivity contribution in [2.24, 2.45) is 17.8 Å². The average molecular weight is 225 g/mol. The molecular weight excluding hydrogens is 206 g/mol. The maximum atomic E-state index is 11.4. The summed E-state index contributed by atoms with van der Waals surface area (Å²) in [6.07, 6.45) is 1.92. The second-order valence-electron chi connectivity index (χ2n) is 5.19. The Morgan fingerprint density at radius 2 is 1.88 bits per heavy atom. The number of carbonyl (C=O) groups excluding carboxylic acids is 1. The number of piperidine rings is 1. The molecule has 1 aliphatic carbocycles. The fourth-order valence-corrected chi connectivity index (χ4v) is 3.35. The van der Waals surface area contributed by atoms with Gasteiger partial charge in [0, 0.05) is 17.9 Å². The smallest absolute Gasteiger partial charge is 0.308 e. The quantitative estimate of drug-likeness (QED) is 0.642. The number of likely N-dealkylation sites (tertiary alicyclic amines) is 1. The molecule has 0 amide bonds. The molecule has 2 atom stereocenters. The Morgan fingerprint density at radius 1 is 1.25 bits per heavy atom. The summed E-state index contributed by atoms with van der Waals surface area (Å²) in [4.78, 5) is 13.9. The summed E-state index contributed by atoms with van der Waals surface area (Å²) >= 11 is 0. The third-order valence-corrected chi connectivity index (χ3v) is 4.39. The minimum atomic E-state index is -0.0287. The lowest BCUT2D eigenvalue weighted by Crippen LogP contribution is -2.40. The summed E-state index contributed by atoms with van der Waals surface area (Å²) in [6.45, 7) is 4.01. The molecular formula is C12H19NO3. The molecule has 0 aromatic rings. The molecule has 2 heterocycles. The predicted octanol–water partition coefficient (Wildman–Crippen LogP) is 0.516. The van der Waals surface area contributed by atoms with E-state index in [4.69, 9.17) is 9.47 Å². The number of ether oxygens (including phenoxy) is 2. The zero-order valence-electron chi connectivity index (χ0n) is 9.72. The third-order valence-electron chi connectivity index (χ3n) is 4.39. The van der Waals surface area contributed by atoms with Crippen LogP contribution in [0, 0.1) is 17.8 Å². The average Bonchev–Trinajstić information content (AvgIpc) is 2.81. The third kappa shape index (κ3) is 1.64. The Morgan fingerprint density at radius 3 is 2.44 bits per heavy atom. The number of hydrogen-bond acceptors (Lipinski definition) is 4. The molecule has 0 N–H and O–H groups in total. The molecule has 1 saturated carbocycles. The maximum absolute atomic E-state index is 11.4. The molecule has 2 aliphatic heterocycles. The molecule has 0 aromatic carbocycles. The predicted molar refractivity (Wildman–Crippen MR) is 57.9 cm³/mol. The fourth-order valence-electron chi connectivity index (χ4n) is 3.35. The van der Waals surface area contributed by atoms with Crippen LogP contribution in [0.15, 0.2) is 0 Å². The molecule has 0 bridgehead atoms. The van der Waals surface area contributed by atoms with E-state index in [0.29, 0.717) is 0 Å². The van der Waals surface area contributed by atoms with Crippen LogP contribution in [0.1, 0.15) is 12.8 Å². The lowest BCUT2D eigenvalue weighted by molar-refractivity contribution is -0.147. The highest BCUT2D eigenvalue weighted by Crippen LogP contribution is 2.48.